The van der Waals surface area contributed by atoms with Crippen molar-refractivity contribution in [2.24, 2.45) is 5.41 Å². The number of carbonyl (C=O) groups is 2. The second kappa shape index (κ2) is 8.44. The van der Waals surface area contributed by atoms with E-state index in [2.05, 4.69) is 11.0 Å². The summed E-state index contributed by atoms with van der Waals surface area (Å²) in [6, 6.07) is 28.6. The monoisotopic (exact) mass is 464 g/mol. The summed E-state index contributed by atoms with van der Waals surface area (Å²) in [5.74, 6) is -1.04. The van der Waals surface area contributed by atoms with Gasteiger partial charge >= 0.3 is 11.9 Å². The zero-order valence-corrected chi connectivity index (χ0v) is 19.5. The van der Waals surface area contributed by atoms with Crippen molar-refractivity contribution in [3.63, 3.8) is 0 Å². The van der Waals surface area contributed by atoms with Crippen LogP contribution in [-0.2, 0) is 24.6 Å². The van der Waals surface area contributed by atoms with Gasteiger partial charge in [-0.15, -0.1) is 0 Å². The lowest BCUT2D eigenvalue weighted by molar-refractivity contribution is -0.165. The number of carbonyl (C=O) groups excluding carboxylic acids is 2. The van der Waals surface area contributed by atoms with Crippen LogP contribution in [-0.4, -0.2) is 26.2 Å². The van der Waals surface area contributed by atoms with Gasteiger partial charge in [0.1, 0.15) is 5.41 Å². The molecular formula is C29H24N2O4. The molecule has 0 amide bonds. The molecule has 6 nitrogen and oxygen atoms in total. The third-order valence-corrected chi connectivity index (χ3v) is 7.31. The molecule has 0 spiro atoms. The van der Waals surface area contributed by atoms with E-state index >= 15 is 0 Å². The van der Waals surface area contributed by atoms with E-state index in [0.29, 0.717) is 24.1 Å². The first-order valence-electron chi connectivity index (χ1n) is 11.4. The molecular weight excluding hydrogens is 440 g/mol. The molecule has 0 unspecified atom stereocenters. The molecule has 174 valence electrons. The highest BCUT2D eigenvalue weighted by atomic mass is 16.5. The number of nitriles is 1. The molecule has 1 aliphatic heterocycles. The quantitative estimate of drug-likeness (QED) is 0.504. The number of hydrogen-bond acceptors (Lipinski definition) is 6. The van der Waals surface area contributed by atoms with Crippen LogP contribution in [0, 0.1) is 16.7 Å². The Bertz CT molecular complexity index is 1360. The minimum Gasteiger partial charge on any atom is -0.468 e. The highest BCUT2D eigenvalue weighted by Gasteiger charge is 2.76. The van der Waals surface area contributed by atoms with Crippen molar-refractivity contribution in [2.45, 2.75) is 18.4 Å². The maximum absolute atomic E-state index is 13.7. The van der Waals surface area contributed by atoms with Gasteiger partial charge in [-0.05, 0) is 48.2 Å². The molecule has 0 aromatic heterocycles. The molecule has 0 radical (unpaired) electrons. The van der Waals surface area contributed by atoms with Gasteiger partial charge in [0.2, 0.25) is 0 Å². The van der Waals surface area contributed by atoms with E-state index < -0.39 is 22.9 Å². The average Bonchev–Trinajstić information content (AvgIpc) is 3.10. The van der Waals surface area contributed by atoms with Crippen LogP contribution in [0.5, 0.6) is 0 Å². The van der Waals surface area contributed by atoms with Crippen LogP contribution >= 0.6 is 0 Å². The maximum Gasteiger partial charge on any atom is 0.337 e. The SMILES string of the molecule is COC(=O)C1=C(c2ccccc2)N(c2ccc(C#N)cc2)[C@]2(c3ccccc3)CC[C@]12C(=O)OC. The molecule has 3 aromatic rings. The number of esters is 2. The Hall–Kier alpha value is -4.37. The lowest BCUT2D eigenvalue weighted by atomic mass is 9.50. The van der Waals surface area contributed by atoms with E-state index in [-0.39, 0.29) is 5.57 Å². The molecule has 1 aliphatic carbocycles. The summed E-state index contributed by atoms with van der Waals surface area (Å²) < 4.78 is 10.7. The lowest BCUT2D eigenvalue weighted by Crippen LogP contribution is -2.64. The molecule has 5 rings (SSSR count). The van der Waals surface area contributed by atoms with Gasteiger partial charge in [0.05, 0.1) is 42.7 Å². The average molecular weight is 465 g/mol. The highest BCUT2D eigenvalue weighted by Crippen LogP contribution is 2.71. The Morgan fingerprint density at radius 2 is 1.49 bits per heavy atom. The largest absolute Gasteiger partial charge is 0.468 e. The van der Waals surface area contributed by atoms with E-state index in [1.807, 2.05) is 72.8 Å². The van der Waals surface area contributed by atoms with Crippen molar-refractivity contribution < 1.29 is 19.1 Å². The molecule has 0 saturated heterocycles. The molecule has 1 fully saturated rings. The first-order valence-corrected chi connectivity index (χ1v) is 11.4. The summed E-state index contributed by atoms with van der Waals surface area (Å²) in [6.07, 6.45) is 1.05. The van der Waals surface area contributed by atoms with E-state index in [4.69, 9.17) is 9.47 Å². The Morgan fingerprint density at radius 3 is 2.00 bits per heavy atom. The number of hydrogen-bond donors (Lipinski definition) is 0. The normalized spacial score (nSPS) is 22.6. The molecule has 3 aromatic carbocycles. The highest BCUT2D eigenvalue weighted by molar-refractivity contribution is 6.12. The van der Waals surface area contributed by atoms with E-state index in [1.165, 1.54) is 14.2 Å². The van der Waals surface area contributed by atoms with Gasteiger partial charge in [-0.1, -0.05) is 60.7 Å². The molecule has 0 bridgehead atoms. The second-order valence-electron chi connectivity index (χ2n) is 8.70. The van der Waals surface area contributed by atoms with Crippen molar-refractivity contribution in [3.05, 3.63) is 107 Å². The van der Waals surface area contributed by atoms with E-state index in [0.717, 1.165) is 16.8 Å². The molecule has 2 atom stereocenters. The summed E-state index contributed by atoms with van der Waals surface area (Å²) >= 11 is 0. The van der Waals surface area contributed by atoms with Gasteiger partial charge in [-0.2, -0.15) is 5.26 Å². The Morgan fingerprint density at radius 1 is 0.857 bits per heavy atom. The predicted octanol–water partition coefficient (Wildman–Crippen LogP) is 4.81. The van der Waals surface area contributed by atoms with Gasteiger partial charge in [0, 0.05) is 5.69 Å². The van der Waals surface area contributed by atoms with Gasteiger partial charge in [0.25, 0.3) is 0 Å². The van der Waals surface area contributed by atoms with Crippen LogP contribution in [0.25, 0.3) is 5.70 Å². The zero-order chi connectivity index (χ0) is 24.6. The van der Waals surface area contributed by atoms with Gasteiger partial charge < -0.3 is 14.4 Å². The van der Waals surface area contributed by atoms with Crippen molar-refractivity contribution >= 4 is 23.3 Å². The van der Waals surface area contributed by atoms with Gasteiger partial charge in [-0.25, -0.2) is 4.79 Å². The zero-order valence-electron chi connectivity index (χ0n) is 19.5. The van der Waals surface area contributed by atoms with E-state index in [1.54, 1.807) is 12.1 Å². The van der Waals surface area contributed by atoms with Gasteiger partial charge in [-0.3, -0.25) is 4.79 Å². The maximum atomic E-state index is 13.7. The summed E-state index contributed by atoms with van der Waals surface area (Å²) in [5, 5.41) is 9.35. The van der Waals surface area contributed by atoms with Crippen LogP contribution in [0.1, 0.15) is 29.5 Å². The van der Waals surface area contributed by atoms with Crippen LogP contribution in [0.3, 0.4) is 0 Å². The fourth-order valence-electron chi connectivity index (χ4n) is 5.81. The van der Waals surface area contributed by atoms with Crippen molar-refractivity contribution in [3.8, 4) is 6.07 Å². The minimum atomic E-state index is -1.27. The molecule has 1 heterocycles. The third-order valence-electron chi connectivity index (χ3n) is 7.31. The first-order chi connectivity index (χ1) is 17.0. The Balaban J connectivity index is 1.92. The summed E-state index contributed by atoms with van der Waals surface area (Å²) in [5.41, 5.74) is 1.68. The predicted molar refractivity (Wildman–Crippen MR) is 131 cm³/mol. The standard InChI is InChI=1S/C29H24N2O4/c1-34-26(32)24-25(21-9-5-3-6-10-21)31(23-15-13-20(19-30)14-16-23)29(22-11-7-4-8-12-22)18-17-28(24,29)27(33)35-2/h3-16H,17-18H2,1-2H3/t28-,29+/m1/s1. The van der Waals surface area contributed by atoms with Crippen LogP contribution in [0.4, 0.5) is 5.69 Å². The molecule has 2 aliphatic rings. The van der Waals surface area contributed by atoms with Crippen molar-refractivity contribution in [1.29, 1.82) is 5.26 Å². The number of fused-ring (bicyclic) bond motifs is 1. The molecule has 6 heteroatoms. The number of ether oxygens (including phenoxy) is 2. The van der Waals surface area contributed by atoms with Crippen LogP contribution < -0.4 is 4.90 Å². The fraction of sp³-hybridized carbons (Fsp3) is 0.207. The Kier molecular flexibility index (Phi) is 5.41. The van der Waals surface area contributed by atoms with Crippen LogP contribution in [0.15, 0.2) is 90.5 Å². The fourth-order valence-corrected chi connectivity index (χ4v) is 5.81. The van der Waals surface area contributed by atoms with Crippen molar-refractivity contribution in [2.75, 3.05) is 19.1 Å². The van der Waals surface area contributed by atoms with Crippen LogP contribution in [0.2, 0.25) is 0 Å². The summed E-state index contributed by atoms with van der Waals surface area (Å²) in [7, 11) is 2.68. The van der Waals surface area contributed by atoms with Crippen molar-refractivity contribution in [1.82, 2.24) is 0 Å². The smallest absolute Gasteiger partial charge is 0.337 e. The lowest BCUT2D eigenvalue weighted by Gasteiger charge is -2.58. The number of nitrogens with zero attached hydrogens (tertiary/aromatic N) is 2. The van der Waals surface area contributed by atoms with Gasteiger partial charge in [0.15, 0.2) is 0 Å². The number of rotatable bonds is 5. The topological polar surface area (TPSA) is 79.6 Å². The Labute approximate surface area is 204 Å². The first kappa shape index (κ1) is 22.4. The number of methoxy groups -OCH3 is 2. The molecule has 1 saturated carbocycles. The third kappa shape index (κ3) is 2.95. The summed E-state index contributed by atoms with van der Waals surface area (Å²) in [6.45, 7) is 0. The van der Waals surface area contributed by atoms with E-state index in [9.17, 15) is 14.9 Å². The molecule has 35 heavy (non-hydrogen) atoms. The second-order valence-corrected chi connectivity index (χ2v) is 8.70. The minimum absolute atomic E-state index is 0.289. The number of benzene rings is 3. The number of anilines is 1. The summed E-state index contributed by atoms with van der Waals surface area (Å²) in [4.78, 5) is 29.3. The molecule has 0 N–H and O–H groups in total.